The van der Waals surface area contributed by atoms with E-state index >= 15 is 0 Å². The molecule has 0 saturated heterocycles. The molecule has 1 aromatic carbocycles. The molecule has 0 aromatic heterocycles. The molecule has 0 radical (unpaired) electrons. The van der Waals surface area contributed by atoms with Crippen molar-refractivity contribution in [1.29, 1.82) is 5.39 Å². The molecule has 0 amide bonds. The molecule has 170 valence electrons. The first-order valence-corrected chi connectivity index (χ1v) is 12.6. The molecule has 0 fully saturated rings. The van der Waals surface area contributed by atoms with Gasteiger partial charge in [-0.2, -0.15) is 0 Å². The van der Waals surface area contributed by atoms with Gasteiger partial charge in [0.25, 0.3) is 0 Å². The van der Waals surface area contributed by atoms with Gasteiger partial charge in [0, 0.05) is 12.6 Å². The smallest absolute Gasteiger partial charge is 0.428 e. The van der Waals surface area contributed by atoms with Crippen LogP contribution in [0.3, 0.4) is 0 Å². The van der Waals surface area contributed by atoms with Crippen molar-refractivity contribution in [3.8, 4) is 5.75 Å². The minimum Gasteiger partial charge on any atom is -0.485 e. The van der Waals surface area contributed by atoms with Crippen LogP contribution in [-0.4, -0.2) is 13.2 Å². The monoisotopic (exact) mass is 416 g/mol. The summed E-state index contributed by atoms with van der Waals surface area (Å²) in [5.74, 6) is 1.48. The molecule has 0 aliphatic rings. The predicted molar refractivity (Wildman–Crippen MR) is 130 cm³/mol. The van der Waals surface area contributed by atoms with Gasteiger partial charge in [0.1, 0.15) is 0 Å². The van der Waals surface area contributed by atoms with Crippen molar-refractivity contribution in [2.24, 2.45) is 5.92 Å². The van der Waals surface area contributed by atoms with Crippen molar-refractivity contribution < 1.29 is 4.74 Å². The van der Waals surface area contributed by atoms with Gasteiger partial charge in [0.2, 0.25) is 11.1 Å². The minimum absolute atomic E-state index is 0.481. The third-order valence-corrected chi connectivity index (χ3v) is 6.04. The van der Waals surface area contributed by atoms with E-state index in [0.29, 0.717) is 18.0 Å². The summed E-state index contributed by atoms with van der Waals surface area (Å²) in [5.41, 5.74) is 1.39. The van der Waals surface area contributed by atoms with E-state index in [2.05, 4.69) is 24.1 Å². The highest BCUT2D eigenvalue weighted by Crippen LogP contribution is 2.35. The van der Waals surface area contributed by atoms with Gasteiger partial charge in [0.05, 0.1) is 12.3 Å². The zero-order valence-corrected chi connectivity index (χ0v) is 19.9. The molecule has 4 heteroatoms. The summed E-state index contributed by atoms with van der Waals surface area (Å²) >= 11 is 0. The van der Waals surface area contributed by atoms with Gasteiger partial charge in [-0.05, 0) is 31.7 Å². The second kappa shape index (κ2) is 18.0. The molecular weight excluding hydrogens is 370 g/mol. The lowest BCUT2D eigenvalue weighted by Gasteiger charge is -2.15. The number of nitrogens with one attached hydrogen (secondary N) is 1. The van der Waals surface area contributed by atoms with Gasteiger partial charge >= 0.3 is 5.69 Å². The molecule has 0 spiro atoms. The Bertz CT molecular complexity index is 582. The van der Waals surface area contributed by atoms with Crippen LogP contribution in [0.15, 0.2) is 18.2 Å². The molecule has 0 heterocycles. The third kappa shape index (κ3) is 11.4. The third-order valence-electron chi connectivity index (χ3n) is 6.04. The lowest BCUT2D eigenvalue weighted by atomic mass is 9.93. The van der Waals surface area contributed by atoms with Gasteiger partial charge < -0.3 is 10.1 Å². The van der Waals surface area contributed by atoms with Gasteiger partial charge in [-0.3, -0.25) is 0 Å². The number of diazo groups is 1. The summed E-state index contributed by atoms with van der Waals surface area (Å²) in [4.78, 5) is 3.33. The van der Waals surface area contributed by atoms with E-state index in [0.717, 1.165) is 24.6 Å². The van der Waals surface area contributed by atoms with Crippen molar-refractivity contribution in [3.63, 3.8) is 0 Å². The van der Waals surface area contributed by atoms with Gasteiger partial charge in [-0.25, -0.2) is 0 Å². The number of anilines is 1. The highest BCUT2D eigenvalue weighted by molar-refractivity contribution is 5.71. The molecule has 0 aliphatic carbocycles. The Morgan fingerprint density at radius 2 is 1.50 bits per heavy atom. The van der Waals surface area contributed by atoms with E-state index in [1.807, 2.05) is 19.1 Å². The summed E-state index contributed by atoms with van der Waals surface area (Å²) < 4.78 is 5.66. The van der Waals surface area contributed by atoms with Crippen molar-refractivity contribution in [3.05, 3.63) is 23.2 Å². The molecule has 1 N–H and O–H groups in total. The van der Waals surface area contributed by atoms with Crippen LogP contribution in [0, 0.1) is 11.3 Å². The Morgan fingerprint density at radius 3 is 2.10 bits per heavy atom. The Morgan fingerprint density at radius 1 is 0.867 bits per heavy atom. The summed E-state index contributed by atoms with van der Waals surface area (Å²) in [7, 11) is 0. The maximum absolute atomic E-state index is 9.16. The molecule has 30 heavy (non-hydrogen) atoms. The number of nitrogens with zero attached hydrogens (tertiary/aromatic N) is 2. The molecule has 1 aromatic rings. The molecule has 1 atom stereocenters. The molecule has 1 unspecified atom stereocenters. The van der Waals surface area contributed by atoms with Crippen LogP contribution in [0.25, 0.3) is 4.98 Å². The van der Waals surface area contributed by atoms with Crippen molar-refractivity contribution in [2.75, 3.05) is 18.5 Å². The van der Waals surface area contributed by atoms with Crippen molar-refractivity contribution in [2.45, 2.75) is 111 Å². The van der Waals surface area contributed by atoms with Crippen LogP contribution in [-0.2, 0) is 0 Å². The number of benzene rings is 1. The first kappa shape index (κ1) is 26.3. The van der Waals surface area contributed by atoms with Gasteiger partial charge in [0.15, 0.2) is 4.98 Å². The normalized spacial score (nSPS) is 11.8. The summed E-state index contributed by atoms with van der Waals surface area (Å²) in [6, 6.07) is 5.64. The number of hydrogen-bond acceptors (Lipinski definition) is 3. The predicted octanol–water partition coefficient (Wildman–Crippen LogP) is 9.10. The lowest BCUT2D eigenvalue weighted by Crippen LogP contribution is -2.07. The van der Waals surface area contributed by atoms with E-state index in [1.54, 1.807) is 6.07 Å². The Balaban J connectivity index is 2.15. The van der Waals surface area contributed by atoms with Crippen molar-refractivity contribution in [1.82, 2.24) is 0 Å². The molecule has 4 nitrogen and oxygen atoms in total. The van der Waals surface area contributed by atoms with Gasteiger partial charge in [-0.1, -0.05) is 97.0 Å². The fraction of sp³-hybridized carbons (Fsp3) is 0.769. The fourth-order valence-corrected chi connectivity index (χ4v) is 4.13. The maximum Gasteiger partial charge on any atom is 0.428 e. The standard InChI is InChI=1S/C26H46N3O/c1-4-7-8-9-10-11-12-13-14-15-18-23(5-2)19-17-22-28-24-20-16-21-25(29-27)26(24)30-6-3/h16,20-21,23,28H,4-15,17-19,22H2,1-3H3/q+1. The van der Waals surface area contributed by atoms with Crippen LogP contribution in [0.1, 0.15) is 111 Å². The minimum atomic E-state index is 0.481. The Hall–Kier alpha value is -1.76. The molecule has 1 rings (SSSR count). The average Bonchev–Trinajstić information content (AvgIpc) is 2.77. The summed E-state index contributed by atoms with van der Waals surface area (Å²) in [6.45, 7) is 8.03. The highest BCUT2D eigenvalue weighted by atomic mass is 16.5. The van der Waals surface area contributed by atoms with E-state index < -0.39 is 0 Å². The van der Waals surface area contributed by atoms with E-state index in [1.165, 1.54) is 83.5 Å². The van der Waals surface area contributed by atoms with Crippen LogP contribution >= 0.6 is 0 Å². The van der Waals surface area contributed by atoms with E-state index in [-0.39, 0.29) is 0 Å². The summed E-state index contributed by atoms with van der Waals surface area (Å²) in [6.07, 6.45) is 19.2. The average molecular weight is 417 g/mol. The van der Waals surface area contributed by atoms with Crippen LogP contribution in [0.4, 0.5) is 11.4 Å². The zero-order valence-electron chi connectivity index (χ0n) is 19.9. The van der Waals surface area contributed by atoms with E-state index in [4.69, 9.17) is 10.1 Å². The number of unbranched alkanes of at least 4 members (excludes halogenated alkanes) is 9. The summed E-state index contributed by atoms with van der Waals surface area (Å²) in [5, 5.41) is 12.6. The van der Waals surface area contributed by atoms with E-state index in [9.17, 15) is 0 Å². The highest BCUT2D eigenvalue weighted by Gasteiger charge is 2.18. The van der Waals surface area contributed by atoms with Crippen molar-refractivity contribution >= 4 is 11.4 Å². The Labute approximate surface area is 185 Å². The number of hydrogen-bond donors (Lipinski definition) is 1. The number of ether oxygens (including phenoxy) is 1. The van der Waals surface area contributed by atoms with Gasteiger partial charge in [-0.15, -0.1) is 0 Å². The SMILES string of the molecule is CCCCCCCCCCCCC(CC)CCCNc1cccc([N+]#N)c1OCC. The molecular formula is C26H46N3O+. The van der Waals surface area contributed by atoms with Crippen LogP contribution in [0.2, 0.25) is 0 Å². The molecule has 0 bridgehead atoms. The first-order valence-electron chi connectivity index (χ1n) is 12.6. The Kier molecular flexibility index (Phi) is 15.8. The largest absolute Gasteiger partial charge is 0.485 e. The number of para-hydroxylation sites is 1. The first-order chi connectivity index (χ1) is 14.8. The fourth-order valence-electron chi connectivity index (χ4n) is 4.13. The number of rotatable bonds is 19. The lowest BCUT2D eigenvalue weighted by molar-refractivity contribution is 0.343. The second-order valence-electron chi connectivity index (χ2n) is 8.50. The quantitative estimate of drug-likeness (QED) is 0.181. The second-order valence-corrected chi connectivity index (χ2v) is 8.50. The molecule has 0 aliphatic heterocycles. The molecule has 0 saturated carbocycles. The zero-order chi connectivity index (χ0) is 21.9. The van der Waals surface area contributed by atoms with Crippen LogP contribution in [0.5, 0.6) is 5.75 Å². The van der Waals surface area contributed by atoms with Crippen LogP contribution < -0.4 is 10.1 Å². The maximum atomic E-state index is 9.16. The topological polar surface area (TPSA) is 49.4 Å².